The number of halogens is 1. The number of aromatic nitrogens is 6. The molecule has 1 saturated carbocycles. The summed E-state index contributed by atoms with van der Waals surface area (Å²) in [6.45, 7) is 4.67. The molecule has 0 atom stereocenters. The number of aromatic amines is 1. The van der Waals surface area contributed by atoms with Gasteiger partial charge in [-0.25, -0.2) is 4.98 Å². The number of carboxylic acid groups (broad SMARTS) is 1. The van der Waals surface area contributed by atoms with Crippen LogP contribution in [-0.4, -0.2) is 41.2 Å². The van der Waals surface area contributed by atoms with Crippen molar-refractivity contribution in [2.75, 3.05) is 5.32 Å². The normalized spacial score (nSPS) is 13.8. The molecule has 0 spiro atoms. The van der Waals surface area contributed by atoms with Gasteiger partial charge < -0.3 is 10.4 Å². The fraction of sp³-hybridized carbons (Fsp3) is 0.280. The smallest absolute Gasteiger partial charge is 0.314 e. The Kier molecular flexibility index (Phi) is 6.79. The average Bonchev–Trinajstić information content (AvgIpc) is 3.55. The SMILES string of the molecule is CC(C)c1cncc(NCc2[nH]ncc2-c2ccc(-c3ccc(C4(C(=O)O)CC4)cn3)cn2)n1.Cl. The van der Waals surface area contributed by atoms with E-state index in [1.165, 1.54) is 0 Å². The lowest BCUT2D eigenvalue weighted by Crippen LogP contribution is -2.19. The predicted octanol–water partition coefficient (Wildman–Crippen LogP) is 4.60. The lowest BCUT2D eigenvalue weighted by Gasteiger charge is -2.10. The standard InChI is InChI=1S/C25H25N7O2.ClH/c1-15(2)21-12-26-14-23(31-21)29-13-22-18(11-30-32-22)20-5-3-16(9-27-20)19-6-4-17(10-28-19)25(7-8-25)24(33)34;/h3-6,9-12,14-15H,7-8,13H2,1-2H3,(H,29,31)(H,30,32)(H,33,34);1H. The summed E-state index contributed by atoms with van der Waals surface area (Å²) in [4.78, 5) is 29.5. The van der Waals surface area contributed by atoms with Crippen LogP contribution in [0.25, 0.3) is 22.5 Å². The first-order valence-electron chi connectivity index (χ1n) is 11.2. The van der Waals surface area contributed by atoms with E-state index in [0.29, 0.717) is 31.1 Å². The highest BCUT2D eigenvalue weighted by Gasteiger charge is 2.51. The molecular formula is C25H26ClN7O2. The van der Waals surface area contributed by atoms with Crippen LogP contribution in [0.15, 0.2) is 55.2 Å². The van der Waals surface area contributed by atoms with Gasteiger partial charge in [-0.15, -0.1) is 12.4 Å². The van der Waals surface area contributed by atoms with Crippen LogP contribution >= 0.6 is 12.4 Å². The van der Waals surface area contributed by atoms with Crippen LogP contribution < -0.4 is 5.32 Å². The van der Waals surface area contributed by atoms with Crippen molar-refractivity contribution in [3.63, 3.8) is 0 Å². The zero-order chi connectivity index (χ0) is 23.7. The maximum Gasteiger partial charge on any atom is 0.314 e. The molecule has 4 aromatic heterocycles. The number of carbonyl (C=O) groups is 1. The van der Waals surface area contributed by atoms with E-state index in [0.717, 1.165) is 39.5 Å². The zero-order valence-corrected chi connectivity index (χ0v) is 20.2. The van der Waals surface area contributed by atoms with Crippen LogP contribution in [0.5, 0.6) is 0 Å². The maximum atomic E-state index is 11.5. The molecule has 3 N–H and O–H groups in total. The number of carboxylic acids is 1. The number of nitrogens with zero attached hydrogens (tertiary/aromatic N) is 5. The summed E-state index contributed by atoms with van der Waals surface area (Å²) in [5.74, 6) is 0.232. The number of anilines is 1. The minimum atomic E-state index is -0.779. The van der Waals surface area contributed by atoms with E-state index < -0.39 is 11.4 Å². The molecule has 4 aromatic rings. The number of pyridine rings is 2. The summed E-state index contributed by atoms with van der Waals surface area (Å²) in [5, 5.41) is 20.0. The molecule has 0 aromatic carbocycles. The Morgan fingerprint density at radius 1 is 1.06 bits per heavy atom. The number of hydrogen-bond acceptors (Lipinski definition) is 7. The summed E-state index contributed by atoms with van der Waals surface area (Å²) >= 11 is 0. The molecular weight excluding hydrogens is 466 g/mol. The van der Waals surface area contributed by atoms with Gasteiger partial charge in [-0.1, -0.05) is 19.9 Å². The van der Waals surface area contributed by atoms with Gasteiger partial charge in [-0.2, -0.15) is 5.10 Å². The summed E-state index contributed by atoms with van der Waals surface area (Å²) < 4.78 is 0. The molecule has 0 unspecified atom stereocenters. The summed E-state index contributed by atoms with van der Waals surface area (Å²) in [6, 6.07) is 7.59. The van der Waals surface area contributed by atoms with Crippen LogP contribution in [0.4, 0.5) is 5.82 Å². The van der Waals surface area contributed by atoms with Gasteiger partial charge in [-0.3, -0.25) is 24.8 Å². The Morgan fingerprint density at radius 2 is 1.83 bits per heavy atom. The molecule has 35 heavy (non-hydrogen) atoms. The molecule has 1 aliphatic rings. The second kappa shape index (κ2) is 9.79. The lowest BCUT2D eigenvalue weighted by molar-refractivity contribution is -0.140. The second-order valence-corrected chi connectivity index (χ2v) is 8.85. The third kappa shape index (κ3) is 4.85. The van der Waals surface area contributed by atoms with Crippen molar-refractivity contribution in [2.24, 2.45) is 0 Å². The van der Waals surface area contributed by atoms with E-state index in [4.69, 9.17) is 0 Å². The first-order chi connectivity index (χ1) is 16.5. The Bertz CT molecular complexity index is 1320. The van der Waals surface area contributed by atoms with Gasteiger partial charge in [0, 0.05) is 29.7 Å². The number of hydrogen-bond donors (Lipinski definition) is 3. The Labute approximate surface area is 208 Å². The molecule has 4 heterocycles. The van der Waals surface area contributed by atoms with Gasteiger partial charge in [0.25, 0.3) is 0 Å². The van der Waals surface area contributed by atoms with Crippen LogP contribution in [-0.2, 0) is 16.8 Å². The monoisotopic (exact) mass is 491 g/mol. The first-order valence-corrected chi connectivity index (χ1v) is 11.2. The van der Waals surface area contributed by atoms with E-state index >= 15 is 0 Å². The summed E-state index contributed by atoms with van der Waals surface area (Å²) in [5.41, 5.74) is 5.13. The Hall–Kier alpha value is -3.85. The molecule has 0 saturated heterocycles. The Balaban J connectivity index is 0.00000289. The highest BCUT2D eigenvalue weighted by molar-refractivity contribution is 5.85. The minimum Gasteiger partial charge on any atom is -0.481 e. The molecule has 180 valence electrons. The van der Waals surface area contributed by atoms with Gasteiger partial charge in [-0.05, 0) is 42.5 Å². The third-order valence-electron chi connectivity index (χ3n) is 6.22. The Morgan fingerprint density at radius 3 is 2.46 bits per heavy atom. The summed E-state index contributed by atoms with van der Waals surface area (Å²) in [7, 11) is 0. The molecule has 0 bridgehead atoms. The lowest BCUT2D eigenvalue weighted by atomic mass is 9.97. The number of nitrogens with one attached hydrogen (secondary N) is 2. The molecule has 0 radical (unpaired) electrons. The topological polar surface area (TPSA) is 130 Å². The van der Waals surface area contributed by atoms with Crippen molar-refractivity contribution >= 4 is 24.2 Å². The zero-order valence-electron chi connectivity index (χ0n) is 19.4. The molecule has 0 aliphatic heterocycles. The number of rotatable bonds is 8. The molecule has 5 rings (SSSR count). The highest BCUT2D eigenvalue weighted by Crippen LogP contribution is 2.48. The largest absolute Gasteiger partial charge is 0.481 e. The molecule has 1 aliphatic carbocycles. The van der Waals surface area contributed by atoms with Crippen molar-refractivity contribution in [1.82, 2.24) is 30.1 Å². The molecule has 0 amide bonds. The predicted molar refractivity (Wildman–Crippen MR) is 134 cm³/mol. The average molecular weight is 492 g/mol. The third-order valence-corrected chi connectivity index (χ3v) is 6.22. The first kappa shape index (κ1) is 24.3. The van der Waals surface area contributed by atoms with Crippen LogP contribution in [0.1, 0.15) is 49.6 Å². The summed E-state index contributed by atoms with van der Waals surface area (Å²) in [6.07, 6.45) is 10.00. The van der Waals surface area contributed by atoms with Gasteiger partial charge in [0.15, 0.2) is 0 Å². The van der Waals surface area contributed by atoms with Crippen molar-refractivity contribution in [3.05, 3.63) is 72.2 Å². The molecule has 10 heteroatoms. The van der Waals surface area contributed by atoms with Crippen LogP contribution in [0.3, 0.4) is 0 Å². The second-order valence-electron chi connectivity index (χ2n) is 8.85. The maximum absolute atomic E-state index is 11.5. The van der Waals surface area contributed by atoms with Crippen molar-refractivity contribution in [2.45, 2.75) is 44.6 Å². The van der Waals surface area contributed by atoms with Crippen molar-refractivity contribution in [1.29, 1.82) is 0 Å². The van der Waals surface area contributed by atoms with Gasteiger partial charge >= 0.3 is 5.97 Å². The van der Waals surface area contributed by atoms with E-state index in [1.807, 2.05) is 24.3 Å². The fourth-order valence-electron chi connectivity index (χ4n) is 3.90. The fourth-order valence-corrected chi connectivity index (χ4v) is 3.90. The van der Waals surface area contributed by atoms with E-state index in [9.17, 15) is 9.90 Å². The van der Waals surface area contributed by atoms with Gasteiger partial charge in [0.1, 0.15) is 5.82 Å². The van der Waals surface area contributed by atoms with Crippen molar-refractivity contribution in [3.8, 4) is 22.5 Å². The number of aliphatic carboxylic acids is 1. The quantitative estimate of drug-likeness (QED) is 0.326. The van der Waals surface area contributed by atoms with Crippen molar-refractivity contribution < 1.29 is 9.90 Å². The van der Waals surface area contributed by atoms with Gasteiger partial charge in [0.2, 0.25) is 0 Å². The number of H-pyrrole nitrogens is 1. The highest BCUT2D eigenvalue weighted by atomic mass is 35.5. The van der Waals surface area contributed by atoms with Gasteiger partial charge in [0.05, 0.1) is 47.1 Å². The minimum absolute atomic E-state index is 0. The molecule has 9 nitrogen and oxygen atoms in total. The van der Waals surface area contributed by atoms with Crippen LogP contribution in [0, 0.1) is 0 Å². The van der Waals surface area contributed by atoms with E-state index in [-0.39, 0.29) is 12.4 Å². The van der Waals surface area contributed by atoms with Crippen LogP contribution in [0.2, 0.25) is 0 Å². The van der Waals surface area contributed by atoms with E-state index in [1.54, 1.807) is 31.0 Å². The molecule has 1 fully saturated rings. The van der Waals surface area contributed by atoms with E-state index in [2.05, 4.69) is 49.3 Å².